The molecule has 1 aliphatic rings. The number of likely N-dealkylation sites (N-methyl/N-ethyl adjacent to an activating group) is 1. The Labute approximate surface area is 118 Å². The number of nitrogens with two attached hydrogens (primary N) is 1. The molecule has 0 unspecified atom stereocenters. The Morgan fingerprint density at radius 1 is 1.47 bits per heavy atom. The lowest BCUT2D eigenvalue weighted by Crippen LogP contribution is -2.36. The lowest BCUT2D eigenvalue weighted by Gasteiger charge is -2.19. The minimum Gasteiger partial charge on any atom is -0.399 e. The third-order valence-corrected chi connectivity index (χ3v) is 3.55. The molecule has 0 bridgehead atoms. The molecule has 4 nitrogen and oxygen atoms in total. The number of rotatable bonds is 6. The van der Waals surface area contributed by atoms with Crippen molar-refractivity contribution in [1.82, 2.24) is 10.2 Å². The van der Waals surface area contributed by atoms with Gasteiger partial charge in [-0.15, -0.1) is 0 Å². The van der Waals surface area contributed by atoms with Crippen molar-refractivity contribution in [3.63, 3.8) is 0 Å². The fourth-order valence-corrected chi connectivity index (χ4v) is 2.44. The van der Waals surface area contributed by atoms with Crippen molar-refractivity contribution in [2.45, 2.75) is 25.8 Å². The first-order chi connectivity index (χ1) is 9.10. The van der Waals surface area contributed by atoms with E-state index in [2.05, 4.69) is 17.1 Å². The van der Waals surface area contributed by atoms with Crippen LogP contribution in [0.2, 0.25) is 5.02 Å². The fraction of sp³-hybridized carbons (Fsp3) is 0.500. The first-order valence-electron chi connectivity index (χ1n) is 6.68. The lowest BCUT2D eigenvalue weighted by molar-refractivity contribution is 0.0948. The molecule has 0 aliphatic heterocycles. The van der Waals surface area contributed by atoms with Crippen LogP contribution in [-0.4, -0.2) is 36.5 Å². The van der Waals surface area contributed by atoms with Crippen LogP contribution in [0.15, 0.2) is 18.2 Å². The van der Waals surface area contributed by atoms with Gasteiger partial charge in [0.1, 0.15) is 0 Å². The topological polar surface area (TPSA) is 58.4 Å². The molecule has 5 heteroatoms. The van der Waals surface area contributed by atoms with E-state index in [9.17, 15) is 4.79 Å². The molecule has 0 spiro atoms. The van der Waals surface area contributed by atoms with Gasteiger partial charge in [-0.05, 0) is 37.6 Å². The number of nitrogens with one attached hydrogen (secondary N) is 1. The van der Waals surface area contributed by atoms with Gasteiger partial charge in [-0.25, -0.2) is 0 Å². The van der Waals surface area contributed by atoms with Gasteiger partial charge in [-0.1, -0.05) is 18.5 Å². The zero-order valence-corrected chi connectivity index (χ0v) is 11.9. The highest BCUT2D eigenvalue weighted by Crippen LogP contribution is 2.25. The number of hydrogen-bond donors (Lipinski definition) is 2. The number of nitrogens with zero attached hydrogens (tertiary/aromatic N) is 1. The van der Waals surface area contributed by atoms with Crippen molar-refractivity contribution in [3.8, 4) is 0 Å². The normalized spacial score (nSPS) is 14.7. The van der Waals surface area contributed by atoms with E-state index in [0.717, 1.165) is 19.1 Å². The zero-order valence-electron chi connectivity index (χ0n) is 11.2. The quantitative estimate of drug-likeness (QED) is 0.786. The minimum absolute atomic E-state index is 0.124. The van der Waals surface area contributed by atoms with E-state index in [-0.39, 0.29) is 5.91 Å². The number of carbonyl (C=O) groups is 1. The van der Waals surface area contributed by atoms with Gasteiger partial charge < -0.3 is 11.1 Å². The van der Waals surface area contributed by atoms with Crippen molar-refractivity contribution >= 4 is 23.2 Å². The molecular weight excluding hydrogens is 262 g/mol. The number of nitrogen functional groups attached to an aromatic ring is 1. The number of benzene rings is 1. The summed E-state index contributed by atoms with van der Waals surface area (Å²) in [6, 6.07) is 5.62. The SMILES string of the molecule is CCN(CCNC(=O)c1cc(N)cc(Cl)c1)C1CC1. The number of amides is 1. The predicted molar refractivity (Wildman–Crippen MR) is 78.5 cm³/mol. The maximum absolute atomic E-state index is 12.0. The highest BCUT2D eigenvalue weighted by atomic mass is 35.5. The Morgan fingerprint density at radius 3 is 2.79 bits per heavy atom. The third kappa shape index (κ3) is 4.11. The molecule has 0 saturated heterocycles. The van der Waals surface area contributed by atoms with E-state index in [4.69, 9.17) is 17.3 Å². The Balaban J connectivity index is 1.83. The van der Waals surface area contributed by atoms with Crippen LogP contribution in [0.4, 0.5) is 5.69 Å². The molecule has 1 amide bonds. The van der Waals surface area contributed by atoms with Crippen LogP contribution in [0.3, 0.4) is 0 Å². The minimum atomic E-state index is -0.124. The molecule has 19 heavy (non-hydrogen) atoms. The first kappa shape index (κ1) is 14.2. The highest BCUT2D eigenvalue weighted by molar-refractivity contribution is 6.31. The van der Waals surface area contributed by atoms with Gasteiger partial charge >= 0.3 is 0 Å². The monoisotopic (exact) mass is 281 g/mol. The number of hydrogen-bond acceptors (Lipinski definition) is 3. The summed E-state index contributed by atoms with van der Waals surface area (Å²) in [5, 5.41) is 3.39. The number of anilines is 1. The first-order valence-corrected chi connectivity index (χ1v) is 7.06. The molecule has 1 aliphatic carbocycles. The van der Waals surface area contributed by atoms with Crippen LogP contribution in [0, 0.1) is 0 Å². The van der Waals surface area contributed by atoms with Gasteiger partial charge in [-0.3, -0.25) is 9.69 Å². The van der Waals surface area contributed by atoms with Crippen LogP contribution in [-0.2, 0) is 0 Å². The smallest absolute Gasteiger partial charge is 0.251 e. The average Bonchev–Trinajstić information content (AvgIpc) is 3.17. The maximum atomic E-state index is 12.0. The van der Waals surface area contributed by atoms with E-state index in [1.165, 1.54) is 12.8 Å². The molecule has 0 atom stereocenters. The summed E-state index contributed by atoms with van der Waals surface area (Å²) in [7, 11) is 0. The van der Waals surface area contributed by atoms with E-state index in [1.807, 2.05) is 0 Å². The molecule has 0 heterocycles. The van der Waals surface area contributed by atoms with Gasteiger partial charge in [0, 0.05) is 35.4 Å². The molecule has 1 fully saturated rings. The molecule has 2 rings (SSSR count). The highest BCUT2D eigenvalue weighted by Gasteiger charge is 2.27. The van der Waals surface area contributed by atoms with Crippen molar-refractivity contribution in [2.24, 2.45) is 0 Å². The van der Waals surface area contributed by atoms with Crippen molar-refractivity contribution < 1.29 is 4.79 Å². The van der Waals surface area contributed by atoms with Crippen LogP contribution < -0.4 is 11.1 Å². The van der Waals surface area contributed by atoms with E-state index < -0.39 is 0 Å². The van der Waals surface area contributed by atoms with E-state index in [0.29, 0.717) is 22.8 Å². The van der Waals surface area contributed by atoms with Gasteiger partial charge in [0.25, 0.3) is 5.91 Å². The van der Waals surface area contributed by atoms with Crippen molar-refractivity contribution in [2.75, 3.05) is 25.4 Å². The number of carbonyl (C=O) groups excluding carboxylic acids is 1. The molecule has 1 aromatic carbocycles. The second-order valence-corrected chi connectivity index (χ2v) is 5.33. The summed E-state index contributed by atoms with van der Waals surface area (Å²) in [6.45, 7) is 4.72. The average molecular weight is 282 g/mol. The molecule has 1 aromatic rings. The Kier molecular flexibility index (Phi) is 4.66. The second-order valence-electron chi connectivity index (χ2n) is 4.89. The molecule has 0 aromatic heterocycles. The largest absolute Gasteiger partial charge is 0.399 e. The third-order valence-electron chi connectivity index (χ3n) is 3.34. The van der Waals surface area contributed by atoms with Crippen molar-refractivity contribution in [1.29, 1.82) is 0 Å². The Hall–Kier alpha value is -1.26. The van der Waals surface area contributed by atoms with Crippen molar-refractivity contribution in [3.05, 3.63) is 28.8 Å². The lowest BCUT2D eigenvalue weighted by atomic mass is 10.2. The molecule has 104 valence electrons. The maximum Gasteiger partial charge on any atom is 0.251 e. The van der Waals surface area contributed by atoms with Gasteiger partial charge in [0.2, 0.25) is 0 Å². The standard InChI is InChI=1S/C14H20ClN3O/c1-2-18(13-3-4-13)6-5-17-14(19)10-7-11(15)9-12(16)8-10/h7-9,13H,2-6,16H2,1H3,(H,17,19). The Bertz CT molecular complexity index is 440. The summed E-state index contributed by atoms with van der Waals surface area (Å²) in [5.41, 5.74) is 6.69. The fourth-order valence-electron chi connectivity index (χ4n) is 2.20. The van der Waals surface area contributed by atoms with Crippen LogP contribution in [0.5, 0.6) is 0 Å². The van der Waals surface area contributed by atoms with Gasteiger partial charge in [0.05, 0.1) is 0 Å². The van der Waals surface area contributed by atoms with Crippen LogP contribution >= 0.6 is 11.6 Å². The van der Waals surface area contributed by atoms with E-state index >= 15 is 0 Å². The summed E-state index contributed by atoms with van der Waals surface area (Å²) in [4.78, 5) is 14.4. The van der Waals surface area contributed by atoms with Gasteiger partial charge in [-0.2, -0.15) is 0 Å². The zero-order chi connectivity index (χ0) is 13.8. The number of halogens is 1. The van der Waals surface area contributed by atoms with Crippen LogP contribution in [0.1, 0.15) is 30.1 Å². The summed E-state index contributed by atoms with van der Waals surface area (Å²) >= 11 is 5.88. The second kappa shape index (κ2) is 6.26. The Morgan fingerprint density at radius 2 is 2.21 bits per heavy atom. The summed E-state index contributed by atoms with van der Waals surface area (Å²) < 4.78 is 0. The summed E-state index contributed by atoms with van der Waals surface area (Å²) in [6.07, 6.45) is 2.57. The van der Waals surface area contributed by atoms with E-state index in [1.54, 1.807) is 18.2 Å². The predicted octanol–water partition coefficient (Wildman–Crippen LogP) is 2.14. The summed E-state index contributed by atoms with van der Waals surface area (Å²) in [5.74, 6) is -0.124. The molecular formula is C14H20ClN3O. The van der Waals surface area contributed by atoms with Gasteiger partial charge in [0.15, 0.2) is 0 Å². The molecule has 3 N–H and O–H groups in total. The van der Waals surface area contributed by atoms with Crippen LogP contribution in [0.25, 0.3) is 0 Å². The molecule has 0 radical (unpaired) electrons. The molecule has 1 saturated carbocycles.